The molecule has 1 aromatic carbocycles. The number of aromatic nitrogens is 1. The van der Waals surface area contributed by atoms with E-state index in [-0.39, 0.29) is 18.0 Å². The van der Waals surface area contributed by atoms with Crippen molar-refractivity contribution in [3.63, 3.8) is 0 Å². The second kappa shape index (κ2) is 6.15. The highest BCUT2D eigenvalue weighted by Gasteiger charge is 2.07. The van der Waals surface area contributed by atoms with Crippen LogP contribution in [0.4, 0.5) is 0 Å². The first kappa shape index (κ1) is 14.5. The van der Waals surface area contributed by atoms with Crippen LogP contribution in [0, 0.1) is 6.92 Å². The first-order chi connectivity index (χ1) is 10.6. The number of pyridine rings is 1. The number of H-pyrrole nitrogens is 1. The average molecular weight is 312 g/mol. The van der Waals surface area contributed by atoms with E-state index in [1.165, 1.54) is 0 Å². The van der Waals surface area contributed by atoms with E-state index in [0.717, 1.165) is 21.3 Å². The van der Waals surface area contributed by atoms with Gasteiger partial charge in [0.2, 0.25) is 5.91 Å². The summed E-state index contributed by atoms with van der Waals surface area (Å²) in [6.45, 7) is 2.22. The van der Waals surface area contributed by atoms with E-state index in [9.17, 15) is 9.59 Å². The Morgan fingerprint density at radius 2 is 2.14 bits per heavy atom. The van der Waals surface area contributed by atoms with E-state index >= 15 is 0 Å². The summed E-state index contributed by atoms with van der Waals surface area (Å²) in [5.74, 6) is -0.0779. The molecule has 2 N–H and O–H groups in total. The van der Waals surface area contributed by atoms with Gasteiger partial charge in [0.25, 0.3) is 5.56 Å². The molecule has 5 heteroatoms. The number of carbonyl (C=O) groups excluding carboxylic acids is 1. The Morgan fingerprint density at radius 1 is 1.27 bits per heavy atom. The van der Waals surface area contributed by atoms with Crippen LogP contribution in [-0.4, -0.2) is 10.9 Å². The third-order valence-corrected chi connectivity index (χ3v) is 4.35. The summed E-state index contributed by atoms with van der Waals surface area (Å²) in [7, 11) is 0. The minimum atomic E-state index is -0.158. The quantitative estimate of drug-likeness (QED) is 0.778. The fraction of sp³-hybridized carbons (Fsp3) is 0.176. The van der Waals surface area contributed by atoms with Crippen molar-refractivity contribution in [1.29, 1.82) is 0 Å². The predicted octanol–water partition coefficient (Wildman–Crippen LogP) is 2.76. The van der Waals surface area contributed by atoms with Crippen molar-refractivity contribution in [1.82, 2.24) is 10.3 Å². The van der Waals surface area contributed by atoms with Crippen molar-refractivity contribution in [3.8, 4) is 0 Å². The number of carbonyl (C=O) groups is 1. The molecule has 4 nitrogen and oxygen atoms in total. The second-order valence-corrected chi connectivity index (χ2v) is 6.28. The molecule has 0 bridgehead atoms. The molecule has 3 aromatic rings. The van der Waals surface area contributed by atoms with Crippen LogP contribution in [0.1, 0.15) is 16.0 Å². The summed E-state index contributed by atoms with van der Waals surface area (Å²) in [6.07, 6.45) is 0.350. The molecule has 3 rings (SSSR count). The van der Waals surface area contributed by atoms with Crippen LogP contribution < -0.4 is 10.9 Å². The first-order valence-electron chi connectivity index (χ1n) is 7.03. The lowest BCUT2D eigenvalue weighted by Crippen LogP contribution is -2.27. The summed E-state index contributed by atoms with van der Waals surface area (Å²) < 4.78 is 0. The topological polar surface area (TPSA) is 62.0 Å². The van der Waals surface area contributed by atoms with Gasteiger partial charge in [0, 0.05) is 22.5 Å². The molecule has 0 radical (unpaired) electrons. The summed E-state index contributed by atoms with van der Waals surface area (Å²) in [5, 5.41) is 5.71. The highest BCUT2D eigenvalue weighted by molar-refractivity contribution is 7.10. The van der Waals surface area contributed by atoms with Crippen LogP contribution in [0.15, 0.2) is 46.6 Å². The minimum absolute atomic E-state index is 0.0779. The summed E-state index contributed by atoms with van der Waals surface area (Å²) in [5.41, 5.74) is 2.32. The third kappa shape index (κ3) is 3.26. The van der Waals surface area contributed by atoms with E-state index in [1.807, 2.05) is 48.7 Å². The predicted molar refractivity (Wildman–Crippen MR) is 89.2 cm³/mol. The fourth-order valence-electron chi connectivity index (χ4n) is 2.32. The lowest BCUT2D eigenvalue weighted by molar-refractivity contribution is -0.120. The standard InChI is InChI=1S/C17H16N2O2S/c1-11-4-5-12-8-13(17(21)19-15(12)7-11)10-18-16(20)9-14-3-2-6-22-14/h2-8H,9-10H2,1H3,(H,18,20)(H,19,21). The smallest absolute Gasteiger partial charge is 0.253 e. The number of benzene rings is 1. The Kier molecular flexibility index (Phi) is 4.06. The lowest BCUT2D eigenvalue weighted by Gasteiger charge is -2.06. The lowest BCUT2D eigenvalue weighted by atomic mass is 10.1. The molecular formula is C17H16N2O2S. The molecule has 0 spiro atoms. The summed E-state index contributed by atoms with van der Waals surface area (Å²) in [6, 6.07) is 11.6. The van der Waals surface area contributed by atoms with Gasteiger partial charge in [0.05, 0.1) is 6.42 Å². The number of amides is 1. The maximum absolute atomic E-state index is 12.1. The molecule has 0 unspecified atom stereocenters. The van der Waals surface area contributed by atoms with Crippen molar-refractivity contribution in [2.24, 2.45) is 0 Å². The summed E-state index contributed by atoms with van der Waals surface area (Å²) in [4.78, 5) is 27.8. The van der Waals surface area contributed by atoms with E-state index in [0.29, 0.717) is 12.0 Å². The van der Waals surface area contributed by atoms with Gasteiger partial charge in [-0.1, -0.05) is 18.2 Å². The molecule has 0 saturated carbocycles. The maximum Gasteiger partial charge on any atom is 0.253 e. The molecule has 0 fully saturated rings. The molecule has 0 aliphatic rings. The normalized spacial score (nSPS) is 10.8. The number of thiophene rings is 1. The van der Waals surface area contributed by atoms with Gasteiger partial charge in [-0.05, 0) is 41.5 Å². The number of rotatable bonds is 4. The SMILES string of the molecule is Cc1ccc2cc(CNC(=O)Cc3cccs3)c(=O)[nH]c2c1. The number of fused-ring (bicyclic) bond motifs is 1. The van der Waals surface area contributed by atoms with Crippen LogP contribution in [0.3, 0.4) is 0 Å². The summed E-state index contributed by atoms with van der Waals surface area (Å²) >= 11 is 1.55. The van der Waals surface area contributed by atoms with Gasteiger partial charge in [0.1, 0.15) is 0 Å². The fourth-order valence-corrected chi connectivity index (χ4v) is 3.02. The van der Waals surface area contributed by atoms with Crippen LogP contribution in [0.5, 0.6) is 0 Å². The Hall–Kier alpha value is -2.40. The van der Waals surface area contributed by atoms with Crippen molar-refractivity contribution in [3.05, 3.63) is 68.1 Å². The van der Waals surface area contributed by atoms with Crippen LogP contribution in [0.2, 0.25) is 0 Å². The zero-order chi connectivity index (χ0) is 15.5. The molecule has 0 aliphatic carbocycles. The number of aromatic amines is 1. The zero-order valence-corrected chi connectivity index (χ0v) is 13.0. The van der Waals surface area contributed by atoms with Gasteiger partial charge in [-0.2, -0.15) is 0 Å². The number of hydrogen-bond donors (Lipinski definition) is 2. The number of hydrogen-bond acceptors (Lipinski definition) is 3. The zero-order valence-electron chi connectivity index (χ0n) is 12.2. The Balaban J connectivity index is 1.73. The molecule has 0 aliphatic heterocycles. The van der Waals surface area contributed by atoms with Crippen molar-refractivity contribution >= 4 is 28.1 Å². The monoisotopic (exact) mass is 312 g/mol. The van der Waals surface area contributed by atoms with Crippen molar-refractivity contribution in [2.45, 2.75) is 19.9 Å². The van der Waals surface area contributed by atoms with Gasteiger partial charge in [-0.15, -0.1) is 11.3 Å². The molecule has 2 aromatic heterocycles. The van der Waals surface area contributed by atoms with E-state index in [2.05, 4.69) is 10.3 Å². The van der Waals surface area contributed by atoms with E-state index in [1.54, 1.807) is 11.3 Å². The Morgan fingerprint density at radius 3 is 2.91 bits per heavy atom. The molecule has 22 heavy (non-hydrogen) atoms. The van der Waals surface area contributed by atoms with Gasteiger partial charge in [-0.25, -0.2) is 0 Å². The van der Waals surface area contributed by atoms with Gasteiger partial charge in [0.15, 0.2) is 0 Å². The highest BCUT2D eigenvalue weighted by Crippen LogP contribution is 2.13. The van der Waals surface area contributed by atoms with Crippen LogP contribution >= 0.6 is 11.3 Å². The number of aryl methyl sites for hydroxylation is 1. The van der Waals surface area contributed by atoms with Crippen LogP contribution in [0.25, 0.3) is 10.9 Å². The third-order valence-electron chi connectivity index (χ3n) is 3.47. The largest absolute Gasteiger partial charge is 0.352 e. The molecule has 0 atom stereocenters. The molecule has 112 valence electrons. The van der Waals surface area contributed by atoms with Gasteiger partial charge in [-0.3, -0.25) is 9.59 Å². The highest BCUT2D eigenvalue weighted by atomic mass is 32.1. The molecular weight excluding hydrogens is 296 g/mol. The van der Waals surface area contributed by atoms with Gasteiger partial charge < -0.3 is 10.3 Å². The first-order valence-corrected chi connectivity index (χ1v) is 7.91. The molecule has 0 saturated heterocycles. The average Bonchev–Trinajstić information content (AvgIpc) is 2.98. The number of nitrogens with one attached hydrogen (secondary N) is 2. The van der Waals surface area contributed by atoms with E-state index in [4.69, 9.17) is 0 Å². The minimum Gasteiger partial charge on any atom is -0.352 e. The van der Waals surface area contributed by atoms with Crippen LogP contribution in [-0.2, 0) is 17.8 Å². The second-order valence-electron chi connectivity index (χ2n) is 5.25. The molecule has 2 heterocycles. The molecule has 1 amide bonds. The Bertz CT molecular complexity index is 866. The van der Waals surface area contributed by atoms with Crippen molar-refractivity contribution < 1.29 is 4.79 Å². The Labute approximate surface area is 131 Å². The van der Waals surface area contributed by atoms with Gasteiger partial charge >= 0.3 is 0 Å². The van der Waals surface area contributed by atoms with E-state index < -0.39 is 0 Å². The maximum atomic E-state index is 12.1. The van der Waals surface area contributed by atoms with Crippen molar-refractivity contribution in [2.75, 3.05) is 0 Å².